The molecule has 3 unspecified atom stereocenters. The minimum absolute atomic E-state index is 0.0422. The van der Waals surface area contributed by atoms with Gasteiger partial charge in [0, 0.05) is 95.0 Å². The Labute approximate surface area is 492 Å². The molecule has 28 nitrogen and oxygen atoms in total. The van der Waals surface area contributed by atoms with Crippen LogP contribution in [-0.2, 0) is 90.6 Å². The zero-order valence-corrected chi connectivity index (χ0v) is 49.7. The standard InChI is InChI=1S/C11H19NO4.C11H11NO4.C10H15NO3.C9H13NO3.C8H9NO2.C4H6O4.C4H6O3/c2*1-15-10(13)6-5-9-4-3-8(7-12-9)11(14)16-2;1-14-10(13)7-2-3-8-4-5-9(12)11(8)6-7;11-8-4-3-7-2-1-6(9(12)13)5-10(7)8;1-6-3-4-7(5-9-6)8(10)11-2;1-2-8-4(7)3(5)6;1-3(5)7-4(2)6/h8-9,12H,3-7H2,1-2H3;3-7H,1-2H3;7-8H,2-6H2,1H3;6-7H,1-5H2,(H,12,13);3-5H,1-2H3;2H2,1H3,(H,5,6);1-2H3/b;6-5+;;;;;/t;;7-,8?;6-,7+;;;/m..00.../s1. The van der Waals surface area contributed by atoms with Crippen molar-refractivity contribution in [2.24, 2.45) is 17.8 Å². The predicted octanol–water partition coefficient (Wildman–Crippen LogP) is 3.47. The number of hydrogen-bond acceptors (Lipinski definition) is 24. The van der Waals surface area contributed by atoms with Gasteiger partial charge < -0.3 is 63.2 Å². The molecule has 0 aromatic carbocycles. The number of carboxylic acid groups (broad SMARTS) is 2. The molecule has 0 spiro atoms. The normalized spacial score (nSPS) is 19.5. The van der Waals surface area contributed by atoms with Gasteiger partial charge in [0.1, 0.15) is 0 Å². The second-order valence-electron chi connectivity index (χ2n) is 19.0. The number of fused-ring (bicyclic) bond motifs is 2. The van der Waals surface area contributed by atoms with Crippen LogP contribution in [0.2, 0.25) is 0 Å². The van der Waals surface area contributed by atoms with Crippen molar-refractivity contribution in [2.75, 3.05) is 68.9 Å². The van der Waals surface area contributed by atoms with Crippen molar-refractivity contribution in [3.63, 3.8) is 0 Å². The molecule has 5 saturated heterocycles. The van der Waals surface area contributed by atoms with E-state index in [0.29, 0.717) is 73.8 Å². The SMILES string of the molecule is CC(=O)OC(C)=O.CCOC(=O)C(=O)O.COC(=O)/C=C/c1ccc(C(=O)OC)cn1.COC(=O)CCC1CCC(C(=O)OC)CN1.COC(=O)[C@H]1CCC2CCC(=O)N2C1.COC(=O)c1ccc(C)nc1.O=C(O)[C@H]1CC[C@@H]2CCC(=O)N2C1. The molecule has 5 aliphatic rings. The van der Waals surface area contributed by atoms with E-state index < -0.39 is 41.8 Å². The Morgan fingerprint density at radius 3 is 1.52 bits per heavy atom. The fourth-order valence-corrected chi connectivity index (χ4v) is 8.68. The van der Waals surface area contributed by atoms with Crippen LogP contribution >= 0.6 is 0 Å². The monoisotopic (exact) mass is 1200 g/mol. The molecule has 0 aliphatic carbocycles. The Bertz CT molecular complexity index is 2570. The van der Waals surface area contributed by atoms with Crippen LogP contribution < -0.4 is 5.32 Å². The van der Waals surface area contributed by atoms with E-state index in [9.17, 15) is 62.3 Å². The lowest BCUT2D eigenvalue weighted by Crippen LogP contribution is -2.44. The number of aromatic nitrogens is 2. The largest absolute Gasteiger partial charge is 0.481 e. The zero-order valence-electron chi connectivity index (χ0n) is 49.7. The molecule has 7 rings (SSSR count). The fourth-order valence-electron chi connectivity index (χ4n) is 8.68. The lowest BCUT2D eigenvalue weighted by atomic mass is 9.92. The minimum Gasteiger partial charge on any atom is -0.481 e. The third-order valence-corrected chi connectivity index (χ3v) is 13.2. The van der Waals surface area contributed by atoms with Crippen molar-refractivity contribution in [3.8, 4) is 0 Å². The van der Waals surface area contributed by atoms with E-state index in [1.54, 1.807) is 36.1 Å². The molecule has 2 aromatic rings. The maximum absolute atomic E-state index is 11.4. The summed E-state index contributed by atoms with van der Waals surface area (Å²) >= 11 is 0. The van der Waals surface area contributed by atoms with Crippen LogP contribution in [0.1, 0.15) is 130 Å². The number of piperidine rings is 3. The molecular weight excluding hydrogens is 1120 g/mol. The van der Waals surface area contributed by atoms with E-state index in [-0.39, 0.29) is 60.1 Å². The predicted molar refractivity (Wildman–Crippen MR) is 296 cm³/mol. The number of carboxylic acids is 2. The number of rotatable bonds is 11. The van der Waals surface area contributed by atoms with Crippen molar-refractivity contribution in [3.05, 3.63) is 65.2 Å². The summed E-state index contributed by atoms with van der Waals surface area (Å²) in [6.45, 7) is 7.50. The third kappa shape index (κ3) is 28.9. The minimum atomic E-state index is -1.55. The van der Waals surface area contributed by atoms with E-state index in [2.05, 4.69) is 48.4 Å². The number of carbonyl (C=O) groups is 13. The van der Waals surface area contributed by atoms with Gasteiger partial charge >= 0.3 is 65.7 Å². The van der Waals surface area contributed by atoms with Crippen molar-refractivity contribution in [1.29, 1.82) is 0 Å². The molecule has 3 N–H and O–H groups in total. The fraction of sp³-hybridized carbons (Fsp3) is 0.561. The average Bonchev–Trinajstić information content (AvgIpc) is 4.20. The maximum atomic E-state index is 11.4. The summed E-state index contributed by atoms with van der Waals surface area (Å²) in [4.78, 5) is 150. The second-order valence-corrected chi connectivity index (χ2v) is 19.0. The zero-order chi connectivity index (χ0) is 64.2. The number of pyridine rings is 2. The van der Waals surface area contributed by atoms with Crippen LogP contribution in [0.5, 0.6) is 0 Å². The summed E-state index contributed by atoms with van der Waals surface area (Å²) in [5.41, 5.74) is 2.28. The number of ether oxygens (including phenoxy) is 8. The average molecular weight is 1200 g/mol. The third-order valence-electron chi connectivity index (χ3n) is 13.2. The molecule has 7 heterocycles. The summed E-state index contributed by atoms with van der Waals surface area (Å²) in [5, 5.41) is 19.9. The summed E-state index contributed by atoms with van der Waals surface area (Å²) in [6, 6.07) is 7.66. The van der Waals surface area contributed by atoms with Gasteiger partial charge in [0.2, 0.25) is 11.8 Å². The number of esters is 9. The van der Waals surface area contributed by atoms with Crippen LogP contribution in [0.4, 0.5) is 0 Å². The first-order valence-electron chi connectivity index (χ1n) is 27.0. The van der Waals surface area contributed by atoms with E-state index in [0.717, 1.165) is 63.5 Å². The summed E-state index contributed by atoms with van der Waals surface area (Å²) in [6.07, 6.45) is 15.1. The quantitative estimate of drug-likeness (QED) is 0.0953. The van der Waals surface area contributed by atoms with E-state index >= 15 is 0 Å². The number of hydrogen-bond donors (Lipinski definition) is 3. The smallest absolute Gasteiger partial charge is 0.417 e. The number of amides is 2. The molecule has 2 amide bonds. The Balaban J connectivity index is 0.000000504. The highest BCUT2D eigenvalue weighted by atomic mass is 16.6. The molecule has 28 heteroatoms. The van der Waals surface area contributed by atoms with Gasteiger partial charge in [0.15, 0.2) is 0 Å². The Kier molecular flexibility index (Phi) is 35.4. The number of aryl methyl sites for hydroxylation is 1. The van der Waals surface area contributed by atoms with E-state index in [1.165, 1.54) is 81.1 Å². The van der Waals surface area contributed by atoms with Crippen LogP contribution in [0.15, 0.2) is 42.7 Å². The molecule has 0 saturated carbocycles. The highest BCUT2D eigenvalue weighted by Crippen LogP contribution is 2.32. The number of aliphatic carboxylic acids is 2. The Morgan fingerprint density at radius 2 is 1.13 bits per heavy atom. The lowest BCUT2D eigenvalue weighted by molar-refractivity contribution is -0.163. The van der Waals surface area contributed by atoms with Gasteiger partial charge in [-0.25, -0.2) is 24.0 Å². The van der Waals surface area contributed by atoms with Gasteiger partial charge in [0.05, 0.1) is 83.8 Å². The molecule has 0 bridgehead atoms. The van der Waals surface area contributed by atoms with Gasteiger partial charge in [-0.15, -0.1) is 0 Å². The number of nitrogens with zero attached hydrogens (tertiary/aromatic N) is 4. The Hall–Kier alpha value is -8.69. The van der Waals surface area contributed by atoms with E-state index in [4.69, 9.17) is 14.9 Å². The highest BCUT2D eigenvalue weighted by Gasteiger charge is 2.40. The van der Waals surface area contributed by atoms with Crippen LogP contribution in [0.25, 0.3) is 6.08 Å². The number of methoxy groups -OCH3 is 6. The molecule has 5 fully saturated rings. The van der Waals surface area contributed by atoms with Crippen molar-refractivity contribution >= 4 is 83.6 Å². The van der Waals surface area contributed by atoms with Crippen molar-refractivity contribution in [1.82, 2.24) is 25.1 Å². The van der Waals surface area contributed by atoms with Gasteiger partial charge in [-0.3, -0.25) is 48.3 Å². The highest BCUT2D eigenvalue weighted by molar-refractivity contribution is 6.28. The van der Waals surface area contributed by atoms with Gasteiger partial charge in [0.25, 0.3) is 0 Å². The molecule has 0 radical (unpaired) electrons. The summed E-state index contributed by atoms with van der Waals surface area (Å²) in [5.74, 6) is -6.56. The van der Waals surface area contributed by atoms with Crippen LogP contribution in [-0.4, -0.2) is 194 Å². The van der Waals surface area contributed by atoms with Crippen molar-refractivity contribution in [2.45, 2.75) is 123 Å². The molecule has 85 heavy (non-hydrogen) atoms. The first kappa shape index (κ1) is 74.3. The lowest BCUT2D eigenvalue weighted by Gasteiger charge is -2.33. The number of carbonyl (C=O) groups excluding carboxylic acids is 11. The molecule has 2 aromatic heterocycles. The molecule has 470 valence electrons. The molecular formula is C57H79N5O23. The first-order chi connectivity index (χ1) is 40.3. The summed E-state index contributed by atoms with van der Waals surface area (Å²) < 4.78 is 35.4. The van der Waals surface area contributed by atoms with E-state index in [1.807, 2.05) is 11.8 Å². The summed E-state index contributed by atoms with van der Waals surface area (Å²) in [7, 11) is 8.14. The van der Waals surface area contributed by atoms with Gasteiger partial charge in [-0.05, 0) is 102 Å². The van der Waals surface area contributed by atoms with Gasteiger partial charge in [-0.1, -0.05) is 0 Å². The van der Waals surface area contributed by atoms with Crippen LogP contribution in [0.3, 0.4) is 0 Å². The van der Waals surface area contributed by atoms with Crippen molar-refractivity contribution < 1.29 is 110 Å². The second kappa shape index (κ2) is 40.5. The molecule has 5 aliphatic heterocycles. The van der Waals surface area contributed by atoms with Gasteiger partial charge in [-0.2, -0.15) is 0 Å². The first-order valence-corrected chi connectivity index (χ1v) is 27.0. The Morgan fingerprint density at radius 1 is 0.624 bits per heavy atom. The number of nitrogens with one attached hydrogen (secondary N) is 1. The maximum Gasteiger partial charge on any atom is 0.417 e. The van der Waals surface area contributed by atoms with Crippen LogP contribution in [0, 0.1) is 24.7 Å². The topological polar surface area (TPSA) is 380 Å². The molecule has 6 atom stereocenters.